The van der Waals surface area contributed by atoms with Gasteiger partial charge in [0.1, 0.15) is 0 Å². The maximum Gasteiger partial charge on any atom is 0.251 e. The molecule has 2 heterocycles. The normalized spacial score (nSPS) is 17.0. The maximum absolute atomic E-state index is 12.4. The largest absolute Gasteiger partial charge is 0.379 e. The van der Waals surface area contributed by atoms with Crippen LogP contribution in [0.5, 0.6) is 0 Å². The van der Waals surface area contributed by atoms with Gasteiger partial charge in [-0.3, -0.25) is 9.69 Å². The van der Waals surface area contributed by atoms with E-state index in [4.69, 9.17) is 4.74 Å². The van der Waals surface area contributed by atoms with E-state index >= 15 is 0 Å². The second kappa shape index (κ2) is 9.90. The fraction of sp³-hybridized carbons (Fsp3) is 0.458. The Morgan fingerprint density at radius 2 is 1.79 bits per heavy atom. The Bertz CT molecular complexity index is 800. The number of benzene rings is 2. The number of hydrogen-bond acceptors (Lipinski definition) is 4. The third-order valence-corrected chi connectivity index (χ3v) is 5.82. The molecule has 4 rings (SSSR count). The van der Waals surface area contributed by atoms with Gasteiger partial charge in [-0.1, -0.05) is 30.3 Å². The highest BCUT2D eigenvalue weighted by Crippen LogP contribution is 2.26. The molecule has 2 aliphatic heterocycles. The highest BCUT2D eigenvalue weighted by molar-refractivity contribution is 5.94. The molecule has 2 aromatic rings. The first kappa shape index (κ1) is 19.9. The summed E-state index contributed by atoms with van der Waals surface area (Å²) < 4.78 is 5.39. The minimum atomic E-state index is 0.0157. The smallest absolute Gasteiger partial charge is 0.251 e. The summed E-state index contributed by atoms with van der Waals surface area (Å²) in [4.78, 5) is 17.3. The van der Waals surface area contributed by atoms with Crippen molar-refractivity contribution in [2.45, 2.75) is 25.8 Å². The number of aryl methyl sites for hydroxylation is 1. The molecule has 1 N–H and O–H groups in total. The van der Waals surface area contributed by atoms with Gasteiger partial charge in [-0.05, 0) is 48.6 Å². The van der Waals surface area contributed by atoms with Crippen LogP contribution < -0.4 is 10.2 Å². The van der Waals surface area contributed by atoms with Crippen molar-refractivity contribution in [2.75, 3.05) is 50.8 Å². The standard InChI is InChI=1S/C24H31N3O2/c28-24(22-10-8-20(9-11-22)19-26-15-17-29-18-16-26)25-12-4-14-27-13-3-6-21-5-1-2-7-23(21)27/h1-2,5,7-11H,3-4,6,12-19H2,(H,25,28). The molecule has 1 fully saturated rings. The van der Waals surface area contributed by atoms with Gasteiger partial charge in [-0.15, -0.1) is 0 Å². The highest BCUT2D eigenvalue weighted by atomic mass is 16.5. The molecule has 0 aromatic heterocycles. The van der Waals surface area contributed by atoms with E-state index in [9.17, 15) is 4.79 Å². The predicted octanol–water partition coefficient (Wildman–Crippen LogP) is 3.09. The van der Waals surface area contributed by atoms with E-state index in [-0.39, 0.29) is 5.91 Å². The number of ether oxygens (including phenoxy) is 1. The number of amides is 1. The lowest BCUT2D eigenvalue weighted by Crippen LogP contribution is -2.35. The summed E-state index contributed by atoms with van der Waals surface area (Å²) in [6.45, 7) is 7.28. The summed E-state index contributed by atoms with van der Waals surface area (Å²) in [6, 6.07) is 16.7. The first-order valence-corrected chi connectivity index (χ1v) is 10.8. The van der Waals surface area contributed by atoms with E-state index in [1.165, 1.54) is 29.7 Å². The van der Waals surface area contributed by atoms with Crippen molar-refractivity contribution >= 4 is 11.6 Å². The number of nitrogens with one attached hydrogen (secondary N) is 1. The SMILES string of the molecule is O=C(NCCCN1CCCc2ccccc21)c1ccc(CN2CCOCC2)cc1. The van der Waals surface area contributed by atoms with E-state index in [1.54, 1.807) is 0 Å². The van der Waals surface area contributed by atoms with Crippen LogP contribution in [-0.2, 0) is 17.7 Å². The van der Waals surface area contributed by atoms with Gasteiger partial charge in [0.15, 0.2) is 0 Å². The summed E-state index contributed by atoms with van der Waals surface area (Å²) in [5.74, 6) is 0.0157. The van der Waals surface area contributed by atoms with E-state index in [0.29, 0.717) is 6.54 Å². The first-order chi connectivity index (χ1) is 14.3. The number of para-hydroxylation sites is 1. The van der Waals surface area contributed by atoms with Crippen LogP contribution in [0, 0.1) is 0 Å². The van der Waals surface area contributed by atoms with Crippen molar-refractivity contribution in [1.29, 1.82) is 0 Å². The molecular formula is C24H31N3O2. The Kier molecular flexibility index (Phi) is 6.80. The van der Waals surface area contributed by atoms with Crippen molar-refractivity contribution in [3.8, 4) is 0 Å². The Hall–Kier alpha value is -2.37. The summed E-state index contributed by atoms with van der Waals surface area (Å²) in [5.41, 5.74) is 4.78. The third-order valence-electron chi connectivity index (χ3n) is 5.82. The molecule has 0 unspecified atom stereocenters. The summed E-state index contributed by atoms with van der Waals surface area (Å²) in [7, 11) is 0. The molecule has 2 aliphatic rings. The van der Waals surface area contributed by atoms with Crippen LogP contribution >= 0.6 is 0 Å². The molecule has 5 heteroatoms. The van der Waals surface area contributed by atoms with Crippen molar-refractivity contribution in [3.63, 3.8) is 0 Å². The topological polar surface area (TPSA) is 44.8 Å². The lowest BCUT2D eigenvalue weighted by molar-refractivity contribution is 0.0342. The number of anilines is 1. The molecule has 0 atom stereocenters. The van der Waals surface area contributed by atoms with Crippen LogP contribution in [0.4, 0.5) is 5.69 Å². The predicted molar refractivity (Wildman–Crippen MR) is 116 cm³/mol. The molecule has 2 aromatic carbocycles. The van der Waals surface area contributed by atoms with Crippen molar-refractivity contribution in [3.05, 3.63) is 65.2 Å². The number of hydrogen-bond donors (Lipinski definition) is 1. The van der Waals surface area contributed by atoms with Crippen LogP contribution in [0.1, 0.15) is 34.3 Å². The van der Waals surface area contributed by atoms with Gasteiger partial charge < -0.3 is 15.0 Å². The number of carbonyl (C=O) groups excluding carboxylic acids is 1. The van der Waals surface area contributed by atoms with Gasteiger partial charge in [0.25, 0.3) is 5.91 Å². The number of carbonyl (C=O) groups is 1. The average Bonchev–Trinajstić information content (AvgIpc) is 2.78. The van der Waals surface area contributed by atoms with Crippen LogP contribution in [-0.4, -0.2) is 56.7 Å². The maximum atomic E-state index is 12.4. The first-order valence-electron chi connectivity index (χ1n) is 10.8. The molecule has 0 bridgehead atoms. The highest BCUT2D eigenvalue weighted by Gasteiger charge is 2.16. The van der Waals surface area contributed by atoms with Crippen LogP contribution in [0.25, 0.3) is 0 Å². The van der Waals surface area contributed by atoms with E-state index < -0.39 is 0 Å². The average molecular weight is 394 g/mol. The van der Waals surface area contributed by atoms with Gasteiger partial charge in [-0.25, -0.2) is 0 Å². The molecule has 29 heavy (non-hydrogen) atoms. The second-order valence-electron chi connectivity index (χ2n) is 7.91. The minimum Gasteiger partial charge on any atom is -0.379 e. The van der Waals surface area contributed by atoms with Gasteiger partial charge in [-0.2, -0.15) is 0 Å². The van der Waals surface area contributed by atoms with Gasteiger partial charge >= 0.3 is 0 Å². The van der Waals surface area contributed by atoms with Crippen LogP contribution in [0.2, 0.25) is 0 Å². The quantitative estimate of drug-likeness (QED) is 0.735. The number of fused-ring (bicyclic) bond motifs is 1. The molecule has 154 valence electrons. The zero-order valence-corrected chi connectivity index (χ0v) is 17.1. The van der Waals surface area contributed by atoms with Crippen LogP contribution in [0.15, 0.2) is 48.5 Å². The van der Waals surface area contributed by atoms with E-state index in [2.05, 4.69) is 51.5 Å². The summed E-state index contributed by atoms with van der Waals surface area (Å²) in [6.07, 6.45) is 3.33. The fourth-order valence-electron chi connectivity index (χ4n) is 4.20. The van der Waals surface area contributed by atoms with E-state index in [1.807, 2.05) is 12.1 Å². The summed E-state index contributed by atoms with van der Waals surface area (Å²) >= 11 is 0. The molecule has 0 spiro atoms. The van der Waals surface area contributed by atoms with Crippen molar-refractivity contribution in [1.82, 2.24) is 10.2 Å². The second-order valence-corrected chi connectivity index (χ2v) is 7.91. The molecule has 0 aliphatic carbocycles. The Morgan fingerprint density at radius 3 is 2.62 bits per heavy atom. The van der Waals surface area contributed by atoms with Crippen LogP contribution in [0.3, 0.4) is 0 Å². The van der Waals surface area contributed by atoms with Crippen molar-refractivity contribution in [2.24, 2.45) is 0 Å². The Balaban J connectivity index is 1.21. The zero-order chi connectivity index (χ0) is 19.9. The molecule has 0 saturated carbocycles. The minimum absolute atomic E-state index is 0.0157. The fourth-order valence-corrected chi connectivity index (χ4v) is 4.20. The molecule has 5 nitrogen and oxygen atoms in total. The third kappa shape index (κ3) is 5.37. The van der Waals surface area contributed by atoms with Gasteiger partial charge in [0.05, 0.1) is 13.2 Å². The lowest BCUT2D eigenvalue weighted by atomic mass is 10.0. The lowest BCUT2D eigenvalue weighted by Gasteiger charge is -2.31. The molecule has 1 amide bonds. The monoisotopic (exact) mass is 393 g/mol. The van der Waals surface area contributed by atoms with E-state index in [0.717, 1.165) is 57.9 Å². The molecular weight excluding hydrogens is 362 g/mol. The molecule has 0 radical (unpaired) electrons. The number of rotatable bonds is 7. The zero-order valence-electron chi connectivity index (χ0n) is 17.1. The molecule has 1 saturated heterocycles. The Labute approximate surface area is 173 Å². The van der Waals surface area contributed by atoms with Gasteiger partial charge in [0.2, 0.25) is 0 Å². The Morgan fingerprint density at radius 1 is 1.00 bits per heavy atom. The number of morpholine rings is 1. The van der Waals surface area contributed by atoms with Gasteiger partial charge in [0, 0.05) is 50.5 Å². The summed E-state index contributed by atoms with van der Waals surface area (Å²) in [5, 5.41) is 3.07. The van der Waals surface area contributed by atoms with Crippen molar-refractivity contribution < 1.29 is 9.53 Å². The number of nitrogens with zero attached hydrogens (tertiary/aromatic N) is 2.